The van der Waals surface area contributed by atoms with Crippen LogP contribution >= 0.6 is 0 Å². The van der Waals surface area contributed by atoms with Crippen LogP contribution in [0.25, 0.3) is 5.69 Å². The van der Waals surface area contributed by atoms with E-state index in [0.29, 0.717) is 5.69 Å². The summed E-state index contributed by atoms with van der Waals surface area (Å²) in [5.74, 6) is -0.565. The normalized spacial score (nSPS) is 10.3. The topological polar surface area (TPSA) is 76.9 Å². The summed E-state index contributed by atoms with van der Waals surface area (Å²) in [6.07, 6.45) is 4.63. The molecule has 0 bridgehead atoms. The Hall–Kier alpha value is -3.28. The Morgan fingerprint density at radius 1 is 1.13 bits per heavy atom. The van der Waals surface area contributed by atoms with E-state index >= 15 is 0 Å². The molecule has 0 aliphatic rings. The summed E-state index contributed by atoms with van der Waals surface area (Å²) in [5, 5.41) is 6.75. The molecule has 0 saturated carbocycles. The monoisotopic (exact) mass is 306 g/mol. The predicted molar refractivity (Wildman–Crippen MR) is 86.8 cm³/mol. The van der Waals surface area contributed by atoms with Crippen molar-refractivity contribution in [3.63, 3.8) is 0 Å². The number of anilines is 1. The van der Waals surface area contributed by atoms with Gasteiger partial charge in [0.05, 0.1) is 17.6 Å². The summed E-state index contributed by atoms with van der Waals surface area (Å²) in [7, 11) is 0. The van der Waals surface area contributed by atoms with Gasteiger partial charge in [0, 0.05) is 18.5 Å². The molecule has 1 N–H and O–H groups in total. The minimum Gasteiger partial charge on any atom is -0.319 e. The van der Waals surface area contributed by atoms with E-state index in [1.165, 1.54) is 23.1 Å². The fourth-order valence-electron chi connectivity index (χ4n) is 2.03. The van der Waals surface area contributed by atoms with E-state index < -0.39 is 11.3 Å². The molecule has 0 fully saturated rings. The van der Waals surface area contributed by atoms with Crippen molar-refractivity contribution >= 4 is 11.6 Å². The fourth-order valence-corrected chi connectivity index (χ4v) is 2.03. The molecule has 6 heteroatoms. The van der Waals surface area contributed by atoms with E-state index in [2.05, 4.69) is 15.4 Å². The smallest absolute Gasteiger partial charge is 0.280 e. The number of nitrogens with one attached hydrogen (secondary N) is 1. The van der Waals surface area contributed by atoms with Crippen molar-refractivity contribution in [2.45, 2.75) is 6.92 Å². The molecule has 1 aromatic carbocycles. The summed E-state index contributed by atoms with van der Waals surface area (Å²) in [5.41, 5.74) is 1.78. The van der Waals surface area contributed by atoms with Crippen molar-refractivity contribution in [2.24, 2.45) is 0 Å². The summed E-state index contributed by atoms with van der Waals surface area (Å²) in [6, 6.07) is 12.3. The molecule has 0 radical (unpaired) electrons. The van der Waals surface area contributed by atoms with Crippen LogP contribution in [0.3, 0.4) is 0 Å². The fraction of sp³-hybridized carbons (Fsp3) is 0.0588. The average molecular weight is 306 g/mol. The Morgan fingerprint density at radius 2 is 1.91 bits per heavy atom. The van der Waals surface area contributed by atoms with Gasteiger partial charge >= 0.3 is 0 Å². The molecule has 0 aliphatic carbocycles. The molecule has 3 aromatic rings. The zero-order chi connectivity index (χ0) is 16.2. The van der Waals surface area contributed by atoms with E-state index in [1.54, 1.807) is 18.3 Å². The molecule has 114 valence electrons. The molecule has 2 heterocycles. The zero-order valence-electron chi connectivity index (χ0n) is 12.4. The van der Waals surface area contributed by atoms with Gasteiger partial charge in [-0.05, 0) is 31.2 Å². The SMILES string of the molecule is Cc1ccc(-n2ccc(=O)c(C(=O)Nc3cccnc3)n2)cc1. The minimum absolute atomic E-state index is 0.170. The van der Waals surface area contributed by atoms with Crippen molar-refractivity contribution < 1.29 is 4.79 Å². The number of aromatic nitrogens is 3. The third-order valence-electron chi connectivity index (χ3n) is 3.24. The van der Waals surface area contributed by atoms with Crippen molar-refractivity contribution in [2.75, 3.05) is 5.32 Å². The number of hydrogen-bond acceptors (Lipinski definition) is 4. The maximum Gasteiger partial charge on any atom is 0.280 e. The second-order valence-electron chi connectivity index (χ2n) is 5.00. The molecule has 6 nitrogen and oxygen atoms in total. The molecule has 0 atom stereocenters. The molecular formula is C17H14N4O2. The number of hydrogen-bond donors (Lipinski definition) is 1. The molecule has 3 rings (SSSR count). The highest BCUT2D eigenvalue weighted by Crippen LogP contribution is 2.08. The molecular weight excluding hydrogens is 292 g/mol. The molecule has 0 saturated heterocycles. The average Bonchev–Trinajstić information content (AvgIpc) is 2.57. The first-order valence-corrected chi connectivity index (χ1v) is 7.02. The molecule has 23 heavy (non-hydrogen) atoms. The van der Waals surface area contributed by atoms with Crippen LogP contribution in [0.15, 0.2) is 65.8 Å². The van der Waals surface area contributed by atoms with Gasteiger partial charge in [0.2, 0.25) is 5.43 Å². The number of carbonyl (C=O) groups excluding carboxylic acids is 1. The van der Waals surface area contributed by atoms with Crippen LogP contribution in [0.5, 0.6) is 0 Å². The van der Waals surface area contributed by atoms with Gasteiger partial charge in [-0.1, -0.05) is 17.7 Å². The third-order valence-corrected chi connectivity index (χ3v) is 3.24. The number of nitrogens with zero attached hydrogens (tertiary/aromatic N) is 3. The van der Waals surface area contributed by atoms with Gasteiger partial charge in [0.15, 0.2) is 5.69 Å². The maximum absolute atomic E-state index is 12.3. The molecule has 2 aromatic heterocycles. The van der Waals surface area contributed by atoms with E-state index in [4.69, 9.17) is 0 Å². The van der Waals surface area contributed by atoms with E-state index in [9.17, 15) is 9.59 Å². The highest BCUT2D eigenvalue weighted by atomic mass is 16.2. The van der Waals surface area contributed by atoms with Crippen molar-refractivity contribution in [1.82, 2.24) is 14.8 Å². The number of carbonyl (C=O) groups is 1. The Kier molecular flexibility index (Phi) is 3.97. The van der Waals surface area contributed by atoms with E-state index in [-0.39, 0.29) is 5.69 Å². The molecule has 1 amide bonds. The first kappa shape index (κ1) is 14.6. The predicted octanol–water partition coefficient (Wildman–Crippen LogP) is 2.19. The van der Waals surface area contributed by atoms with Crippen LogP contribution in [0.1, 0.15) is 16.1 Å². The lowest BCUT2D eigenvalue weighted by Crippen LogP contribution is -2.25. The van der Waals surface area contributed by atoms with Crippen LogP contribution in [0.4, 0.5) is 5.69 Å². The Bertz CT molecular complexity index is 886. The number of pyridine rings is 1. The van der Waals surface area contributed by atoms with Gasteiger partial charge in [-0.25, -0.2) is 4.68 Å². The number of amides is 1. The highest BCUT2D eigenvalue weighted by Gasteiger charge is 2.13. The number of aryl methyl sites for hydroxylation is 1. The summed E-state index contributed by atoms with van der Waals surface area (Å²) in [6.45, 7) is 1.98. The molecule has 0 spiro atoms. The van der Waals surface area contributed by atoms with Gasteiger partial charge in [-0.3, -0.25) is 14.6 Å². The third kappa shape index (κ3) is 3.32. The Morgan fingerprint density at radius 3 is 2.61 bits per heavy atom. The van der Waals surface area contributed by atoms with Gasteiger partial charge in [0.25, 0.3) is 5.91 Å². The van der Waals surface area contributed by atoms with Crippen LogP contribution < -0.4 is 10.7 Å². The summed E-state index contributed by atoms with van der Waals surface area (Å²) in [4.78, 5) is 28.1. The van der Waals surface area contributed by atoms with E-state index in [1.807, 2.05) is 31.2 Å². The van der Waals surface area contributed by atoms with Crippen LogP contribution in [0, 0.1) is 6.92 Å². The zero-order valence-corrected chi connectivity index (χ0v) is 12.4. The number of benzene rings is 1. The van der Waals surface area contributed by atoms with Crippen LogP contribution in [-0.2, 0) is 0 Å². The second kappa shape index (κ2) is 6.23. The first-order chi connectivity index (χ1) is 11.1. The van der Waals surface area contributed by atoms with E-state index in [0.717, 1.165) is 11.3 Å². The lowest BCUT2D eigenvalue weighted by atomic mass is 10.2. The highest BCUT2D eigenvalue weighted by molar-refractivity contribution is 6.02. The second-order valence-corrected chi connectivity index (χ2v) is 5.00. The Balaban J connectivity index is 1.93. The van der Waals surface area contributed by atoms with Crippen LogP contribution in [-0.4, -0.2) is 20.7 Å². The van der Waals surface area contributed by atoms with Crippen molar-refractivity contribution in [3.8, 4) is 5.69 Å². The lowest BCUT2D eigenvalue weighted by Gasteiger charge is -2.08. The maximum atomic E-state index is 12.3. The largest absolute Gasteiger partial charge is 0.319 e. The van der Waals surface area contributed by atoms with Gasteiger partial charge in [-0.2, -0.15) is 5.10 Å². The van der Waals surface area contributed by atoms with Gasteiger partial charge in [0.1, 0.15) is 0 Å². The first-order valence-electron chi connectivity index (χ1n) is 7.02. The van der Waals surface area contributed by atoms with Gasteiger partial charge < -0.3 is 5.32 Å². The minimum atomic E-state index is -0.565. The summed E-state index contributed by atoms with van der Waals surface area (Å²) < 4.78 is 1.50. The molecule has 0 aliphatic heterocycles. The van der Waals surface area contributed by atoms with Crippen molar-refractivity contribution in [1.29, 1.82) is 0 Å². The quantitative estimate of drug-likeness (QED) is 0.804. The van der Waals surface area contributed by atoms with Crippen LogP contribution in [0.2, 0.25) is 0 Å². The van der Waals surface area contributed by atoms with Gasteiger partial charge in [-0.15, -0.1) is 0 Å². The lowest BCUT2D eigenvalue weighted by molar-refractivity contribution is 0.101. The Labute approximate surface area is 132 Å². The number of rotatable bonds is 3. The molecule has 0 unspecified atom stereocenters. The van der Waals surface area contributed by atoms with Crippen molar-refractivity contribution in [3.05, 3.63) is 82.5 Å². The standard InChI is InChI=1S/C17H14N4O2/c1-12-4-6-14(7-5-12)21-10-8-15(22)16(20-21)17(23)19-13-3-2-9-18-11-13/h2-11H,1H3,(H,19,23). The summed E-state index contributed by atoms with van der Waals surface area (Å²) >= 11 is 0.